The van der Waals surface area contributed by atoms with Crippen molar-refractivity contribution in [2.75, 3.05) is 6.61 Å². The van der Waals surface area contributed by atoms with Gasteiger partial charge in [-0.05, 0) is 32.1 Å². The predicted octanol–water partition coefficient (Wildman–Crippen LogP) is 3.35. The first kappa shape index (κ1) is 16.3. The van der Waals surface area contributed by atoms with E-state index in [1.807, 2.05) is 13.8 Å². The fraction of sp³-hybridized carbons (Fsp3) is 0.250. The molecule has 1 unspecified atom stereocenters. The smallest absolute Gasteiger partial charge is 0.181 e. The van der Waals surface area contributed by atoms with Gasteiger partial charge in [0.2, 0.25) is 0 Å². The number of fused-ring (bicyclic) bond motifs is 2. The van der Waals surface area contributed by atoms with E-state index in [-0.39, 0.29) is 41.0 Å². The summed E-state index contributed by atoms with van der Waals surface area (Å²) in [6.07, 6.45) is 3.53. The summed E-state index contributed by atoms with van der Waals surface area (Å²) < 4.78 is 11.5. The summed E-state index contributed by atoms with van der Waals surface area (Å²) in [6.45, 7) is 3.79. The molecule has 0 amide bonds. The maximum atomic E-state index is 13.0. The minimum Gasteiger partial charge on any atom is -0.508 e. The van der Waals surface area contributed by atoms with E-state index in [0.29, 0.717) is 16.9 Å². The monoisotopic (exact) mass is 354 g/mol. The number of benzene rings is 2. The first-order valence-electron chi connectivity index (χ1n) is 8.24. The third-order valence-corrected chi connectivity index (χ3v) is 4.65. The first-order chi connectivity index (χ1) is 12.3. The molecule has 0 bridgehead atoms. The van der Waals surface area contributed by atoms with Crippen molar-refractivity contribution >= 4 is 11.9 Å². The van der Waals surface area contributed by atoms with Crippen molar-refractivity contribution in [2.45, 2.75) is 25.4 Å². The Morgan fingerprint density at radius 3 is 2.62 bits per heavy atom. The summed E-state index contributed by atoms with van der Waals surface area (Å²) in [7, 11) is 0. The van der Waals surface area contributed by atoms with E-state index < -0.39 is 11.5 Å². The average molecular weight is 354 g/mol. The van der Waals surface area contributed by atoms with Crippen LogP contribution in [0.4, 0.5) is 0 Å². The minimum atomic E-state index is -0.781. The van der Waals surface area contributed by atoms with Crippen molar-refractivity contribution in [3.05, 3.63) is 47.0 Å². The van der Waals surface area contributed by atoms with Gasteiger partial charge in [-0.3, -0.25) is 4.79 Å². The van der Waals surface area contributed by atoms with Gasteiger partial charge in [0.25, 0.3) is 0 Å². The molecule has 0 fully saturated rings. The molecule has 26 heavy (non-hydrogen) atoms. The molecule has 4 rings (SSSR count). The number of hydrogen-bond donors (Lipinski definition) is 3. The molecule has 0 aromatic heterocycles. The van der Waals surface area contributed by atoms with Crippen LogP contribution in [0.15, 0.2) is 30.3 Å². The van der Waals surface area contributed by atoms with Gasteiger partial charge in [-0.25, -0.2) is 0 Å². The first-order valence-corrected chi connectivity index (χ1v) is 8.24. The normalized spacial score (nSPS) is 19.9. The van der Waals surface area contributed by atoms with Crippen molar-refractivity contribution in [2.24, 2.45) is 0 Å². The highest BCUT2D eigenvalue weighted by Gasteiger charge is 2.37. The van der Waals surface area contributed by atoms with E-state index in [1.54, 1.807) is 18.2 Å². The van der Waals surface area contributed by atoms with Crippen LogP contribution in [0.5, 0.6) is 28.7 Å². The van der Waals surface area contributed by atoms with Crippen LogP contribution in [0.25, 0.3) is 6.08 Å². The van der Waals surface area contributed by atoms with E-state index in [1.165, 1.54) is 18.2 Å². The highest BCUT2D eigenvalue weighted by Crippen LogP contribution is 2.47. The second-order valence-electron chi connectivity index (χ2n) is 7.02. The van der Waals surface area contributed by atoms with Crippen LogP contribution in [0.1, 0.15) is 41.3 Å². The molecule has 134 valence electrons. The Hall–Kier alpha value is -3.15. The number of Topliss-reactive ketones (excluding diaryl/α,β-unsaturated/α-hetero) is 1. The molecule has 0 saturated carbocycles. The van der Waals surface area contributed by atoms with Gasteiger partial charge in [0.05, 0.1) is 11.5 Å². The highest BCUT2D eigenvalue weighted by atomic mass is 16.5. The van der Waals surface area contributed by atoms with Gasteiger partial charge in [-0.1, -0.05) is 6.07 Å². The molecule has 2 aliphatic heterocycles. The Balaban J connectivity index is 1.80. The Morgan fingerprint density at radius 1 is 1.12 bits per heavy atom. The van der Waals surface area contributed by atoms with Crippen molar-refractivity contribution in [3.8, 4) is 28.7 Å². The lowest BCUT2D eigenvalue weighted by atomic mass is 9.86. The van der Waals surface area contributed by atoms with E-state index in [2.05, 4.69) is 0 Å². The third kappa shape index (κ3) is 2.45. The standard InChI is InChI=1S/C20H18O6/c1-20(2)6-5-12-15(26-20)8-16-17(18(12)23)19(24)13(9-25-16)11-4-3-10(21)7-14(11)22/h3-8,13,21-23H,9H2,1-2H3. The summed E-state index contributed by atoms with van der Waals surface area (Å²) in [4.78, 5) is 13.0. The van der Waals surface area contributed by atoms with E-state index >= 15 is 0 Å². The van der Waals surface area contributed by atoms with Crippen molar-refractivity contribution in [1.82, 2.24) is 0 Å². The van der Waals surface area contributed by atoms with Crippen LogP contribution in [-0.2, 0) is 0 Å². The molecule has 6 nitrogen and oxygen atoms in total. The summed E-state index contributed by atoms with van der Waals surface area (Å²) in [5.74, 6) is -0.921. The van der Waals surface area contributed by atoms with Gasteiger partial charge in [0, 0.05) is 17.7 Å². The van der Waals surface area contributed by atoms with E-state index in [9.17, 15) is 20.1 Å². The van der Waals surface area contributed by atoms with Crippen LogP contribution in [-0.4, -0.2) is 33.3 Å². The minimum absolute atomic E-state index is 0.0155. The van der Waals surface area contributed by atoms with Gasteiger partial charge in [0.1, 0.15) is 46.5 Å². The number of rotatable bonds is 1. The molecule has 2 aromatic carbocycles. The molecular formula is C20H18O6. The Kier molecular flexibility index (Phi) is 3.41. The van der Waals surface area contributed by atoms with Crippen LogP contribution in [0.2, 0.25) is 0 Å². The summed E-state index contributed by atoms with van der Waals surface area (Å²) >= 11 is 0. The van der Waals surface area contributed by atoms with Gasteiger partial charge in [-0.2, -0.15) is 0 Å². The number of ketones is 1. The summed E-state index contributed by atoms with van der Waals surface area (Å²) in [6, 6.07) is 5.65. The van der Waals surface area contributed by atoms with Gasteiger partial charge in [-0.15, -0.1) is 0 Å². The van der Waals surface area contributed by atoms with Gasteiger partial charge >= 0.3 is 0 Å². The Bertz CT molecular complexity index is 957. The largest absolute Gasteiger partial charge is 0.508 e. The number of ether oxygens (including phenoxy) is 2. The number of phenols is 3. The van der Waals surface area contributed by atoms with Crippen molar-refractivity contribution < 1.29 is 29.6 Å². The average Bonchev–Trinajstić information content (AvgIpc) is 2.55. The quantitative estimate of drug-likeness (QED) is 0.727. The third-order valence-electron chi connectivity index (χ3n) is 4.65. The number of phenolic OH excluding ortho intramolecular Hbond substituents is 3. The SMILES string of the molecule is CC1(C)C=Cc2c(cc3c(c2O)C(=O)C(c2ccc(O)cc2O)CO3)O1. The van der Waals surface area contributed by atoms with Crippen molar-refractivity contribution in [3.63, 3.8) is 0 Å². The molecular weight excluding hydrogens is 336 g/mol. The van der Waals surface area contributed by atoms with Gasteiger partial charge in [0.15, 0.2) is 5.78 Å². The molecule has 3 N–H and O–H groups in total. The predicted molar refractivity (Wildman–Crippen MR) is 94.2 cm³/mol. The van der Waals surface area contributed by atoms with Crippen LogP contribution in [0.3, 0.4) is 0 Å². The molecule has 0 aliphatic carbocycles. The fourth-order valence-electron chi connectivity index (χ4n) is 3.32. The number of carbonyl (C=O) groups excluding carboxylic acids is 1. The lowest BCUT2D eigenvalue weighted by Crippen LogP contribution is -2.29. The maximum absolute atomic E-state index is 13.0. The Labute approximate surface area is 149 Å². The lowest BCUT2D eigenvalue weighted by molar-refractivity contribution is 0.0888. The Morgan fingerprint density at radius 2 is 1.88 bits per heavy atom. The molecule has 0 radical (unpaired) electrons. The molecule has 2 aromatic rings. The number of carbonyl (C=O) groups is 1. The zero-order chi connectivity index (χ0) is 18.6. The van der Waals surface area contributed by atoms with Crippen molar-refractivity contribution in [1.29, 1.82) is 0 Å². The number of aromatic hydroxyl groups is 3. The highest BCUT2D eigenvalue weighted by molar-refractivity contribution is 6.08. The second-order valence-corrected chi connectivity index (χ2v) is 7.02. The maximum Gasteiger partial charge on any atom is 0.181 e. The van der Waals surface area contributed by atoms with E-state index in [4.69, 9.17) is 9.47 Å². The van der Waals surface area contributed by atoms with Gasteiger partial charge < -0.3 is 24.8 Å². The fourth-order valence-corrected chi connectivity index (χ4v) is 3.32. The topological polar surface area (TPSA) is 96.2 Å². The van der Waals surface area contributed by atoms with Crippen LogP contribution >= 0.6 is 0 Å². The lowest BCUT2D eigenvalue weighted by Gasteiger charge is -2.31. The molecule has 0 spiro atoms. The van der Waals surface area contributed by atoms with Crippen LogP contribution in [0, 0.1) is 0 Å². The molecule has 6 heteroatoms. The van der Waals surface area contributed by atoms with Crippen LogP contribution < -0.4 is 9.47 Å². The molecule has 1 atom stereocenters. The number of hydrogen-bond acceptors (Lipinski definition) is 6. The van der Waals surface area contributed by atoms with E-state index in [0.717, 1.165) is 0 Å². The zero-order valence-corrected chi connectivity index (χ0v) is 14.3. The zero-order valence-electron chi connectivity index (χ0n) is 14.3. The molecule has 2 heterocycles. The molecule has 0 saturated heterocycles. The molecule has 2 aliphatic rings. The summed E-state index contributed by atoms with van der Waals surface area (Å²) in [5, 5.41) is 30.2. The summed E-state index contributed by atoms with van der Waals surface area (Å²) in [5.41, 5.74) is 0.312. The second kappa shape index (κ2) is 5.42.